The van der Waals surface area contributed by atoms with Crippen molar-refractivity contribution in [2.75, 3.05) is 0 Å². The van der Waals surface area contributed by atoms with Gasteiger partial charge in [-0.2, -0.15) is 0 Å². The number of benzene rings is 1. The van der Waals surface area contributed by atoms with Gasteiger partial charge in [-0.05, 0) is 22.5 Å². The van der Waals surface area contributed by atoms with E-state index in [1.165, 1.54) is 11.1 Å². The van der Waals surface area contributed by atoms with Crippen LogP contribution >= 0.6 is 0 Å². The Balaban J connectivity index is 2.77. The molecule has 0 aliphatic rings. The Hall–Kier alpha value is -1.04. The lowest BCUT2D eigenvalue weighted by Gasteiger charge is -2.11. The molecule has 0 heterocycles. The zero-order valence-electron chi connectivity index (χ0n) is 10.5. The summed E-state index contributed by atoms with van der Waals surface area (Å²) in [5.74, 6) is 0.616. The van der Waals surface area contributed by atoms with Crippen LogP contribution in [0, 0.1) is 5.41 Å². The Kier molecular flexibility index (Phi) is 3.73. The summed E-state index contributed by atoms with van der Waals surface area (Å²) in [5, 5.41) is 0. The van der Waals surface area contributed by atoms with Crippen molar-refractivity contribution in [3.8, 4) is 0 Å². The summed E-state index contributed by atoms with van der Waals surface area (Å²) in [6, 6.07) is 8.81. The summed E-state index contributed by atoms with van der Waals surface area (Å²) in [4.78, 5) is 0. The van der Waals surface area contributed by atoms with Crippen LogP contribution in [0.3, 0.4) is 0 Å². The predicted molar refractivity (Wildman–Crippen MR) is 69.0 cm³/mol. The van der Waals surface area contributed by atoms with Crippen LogP contribution in [0.4, 0.5) is 0 Å². The smallest absolute Gasteiger partial charge is 0.0200 e. The lowest BCUT2D eigenvalue weighted by molar-refractivity contribution is 0.547. The highest BCUT2D eigenvalue weighted by atomic mass is 14.1. The van der Waals surface area contributed by atoms with Crippen LogP contribution in [0.2, 0.25) is 0 Å². The van der Waals surface area contributed by atoms with Crippen molar-refractivity contribution in [2.24, 2.45) is 5.41 Å². The second-order valence-corrected chi connectivity index (χ2v) is 5.52. The van der Waals surface area contributed by atoms with Gasteiger partial charge in [-0.15, -0.1) is 0 Å². The van der Waals surface area contributed by atoms with Gasteiger partial charge in [0.1, 0.15) is 0 Å². The van der Waals surface area contributed by atoms with Crippen molar-refractivity contribution in [1.29, 1.82) is 0 Å². The van der Waals surface area contributed by atoms with Crippen LogP contribution in [0.25, 0.3) is 6.08 Å². The molecule has 0 unspecified atom stereocenters. The van der Waals surface area contributed by atoms with Gasteiger partial charge in [-0.1, -0.05) is 71.0 Å². The normalized spacial score (nSPS) is 12.7. The summed E-state index contributed by atoms with van der Waals surface area (Å²) in [6.07, 6.45) is 4.45. The molecular formula is C15H22. The quantitative estimate of drug-likeness (QED) is 0.642. The van der Waals surface area contributed by atoms with E-state index in [4.69, 9.17) is 0 Å². The maximum absolute atomic E-state index is 2.25. The Labute approximate surface area is 94.0 Å². The fourth-order valence-corrected chi connectivity index (χ4v) is 1.34. The average molecular weight is 202 g/mol. The van der Waals surface area contributed by atoms with E-state index in [1.807, 2.05) is 0 Å². The predicted octanol–water partition coefficient (Wildman–Crippen LogP) is 4.87. The molecule has 0 N–H and O–H groups in total. The van der Waals surface area contributed by atoms with Crippen LogP contribution in [0.5, 0.6) is 0 Å². The van der Waals surface area contributed by atoms with E-state index in [0.29, 0.717) is 5.92 Å². The highest BCUT2D eigenvalue weighted by Crippen LogP contribution is 2.19. The van der Waals surface area contributed by atoms with Gasteiger partial charge in [-0.25, -0.2) is 0 Å². The lowest BCUT2D eigenvalue weighted by Crippen LogP contribution is -1.97. The molecule has 0 saturated heterocycles. The molecule has 0 spiro atoms. The third-order valence-corrected chi connectivity index (χ3v) is 2.38. The molecule has 0 aliphatic carbocycles. The van der Waals surface area contributed by atoms with E-state index in [0.717, 1.165) is 0 Å². The first-order valence-electron chi connectivity index (χ1n) is 5.68. The van der Waals surface area contributed by atoms with Crippen molar-refractivity contribution in [2.45, 2.75) is 40.5 Å². The van der Waals surface area contributed by atoms with Gasteiger partial charge in [0.2, 0.25) is 0 Å². The Morgan fingerprint density at radius 2 is 1.53 bits per heavy atom. The Morgan fingerprint density at radius 1 is 1.00 bits per heavy atom. The summed E-state index contributed by atoms with van der Waals surface area (Å²) in [6.45, 7) is 11.1. The standard InChI is InChI=1S/C15H22/c1-12(2)14-8-6-13(7-9-14)10-11-15(3,4)5/h6-12H,1-5H3. The van der Waals surface area contributed by atoms with E-state index < -0.39 is 0 Å². The molecule has 0 aliphatic heterocycles. The molecule has 1 rings (SSSR count). The molecule has 0 radical (unpaired) electrons. The van der Waals surface area contributed by atoms with Crippen molar-refractivity contribution in [1.82, 2.24) is 0 Å². The first kappa shape index (κ1) is 12.0. The van der Waals surface area contributed by atoms with E-state index >= 15 is 0 Å². The van der Waals surface area contributed by atoms with E-state index in [-0.39, 0.29) is 5.41 Å². The molecule has 0 heteroatoms. The number of hydrogen-bond acceptors (Lipinski definition) is 0. The molecule has 0 aromatic heterocycles. The minimum atomic E-state index is 0.261. The molecule has 0 saturated carbocycles. The number of allylic oxidation sites excluding steroid dienone is 1. The van der Waals surface area contributed by atoms with Crippen LogP contribution in [-0.4, -0.2) is 0 Å². The molecule has 1 aromatic carbocycles. The zero-order chi connectivity index (χ0) is 11.5. The maximum atomic E-state index is 2.25. The SMILES string of the molecule is CC(C)c1ccc(C=CC(C)(C)C)cc1. The highest BCUT2D eigenvalue weighted by Gasteiger charge is 2.03. The molecule has 82 valence electrons. The first-order chi connectivity index (χ1) is 6.88. The van der Waals surface area contributed by atoms with Crippen molar-refractivity contribution in [3.63, 3.8) is 0 Å². The number of hydrogen-bond donors (Lipinski definition) is 0. The van der Waals surface area contributed by atoms with Crippen LogP contribution in [0.15, 0.2) is 30.3 Å². The van der Waals surface area contributed by atoms with Gasteiger partial charge in [0.25, 0.3) is 0 Å². The zero-order valence-corrected chi connectivity index (χ0v) is 10.5. The van der Waals surface area contributed by atoms with Gasteiger partial charge >= 0.3 is 0 Å². The van der Waals surface area contributed by atoms with Gasteiger partial charge in [0, 0.05) is 0 Å². The third-order valence-electron chi connectivity index (χ3n) is 2.38. The van der Waals surface area contributed by atoms with E-state index in [1.54, 1.807) is 0 Å². The van der Waals surface area contributed by atoms with Crippen LogP contribution in [0.1, 0.15) is 51.7 Å². The largest absolute Gasteiger partial charge is 0.0785 e. The van der Waals surface area contributed by atoms with Gasteiger partial charge < -0.3 is 0 Å². The lowest BCUT2D eigenvalue weighted by atomic mass is 9.95. The fraction of sp³-hybridized carbons (Fsp3) is 0.467. The van der Waals surface area contributed by atoms with Crippen molar-refractivity contribution in [3.05, 3.63) is 41.5 Å². The molecule has 0 bridgehead atoms. The molecule has 1 aromatic rings. The molecule has 0 nitrogen and oxygen atoms in total. The summed E-state index contributed by atoms with van der Waals surface area (Å²) < 4.78 is 0. The minimum absolute atomic E-state index is 0.261. The summed E-state index contributed by atoms with van der Waals surface area (Å²) in [5.41, 5.74) is 2.95. The number of rotatable bonds is 2. The second kappa shape index (κ2) is 4.65. The average Bonchev–Trinajstić information content (AvgIpc) is 2.14. The Bertz CT molecular complexity index is 320. The molecule has 0 atom stereocenters. The molecule has 0 fully saturated rings. The summed E-state index contributed by atoms with van der Waals surface area (Å²) in [7, 11) is 0. The van der Waals surface area contributed by atoms with Crippen LogP contribution in [-0.2, 0) is 0 Å². The van der Waals surface area contributed by atoms with Gasteiger partial charge in [0.05, 0.1) is 0 Å². The maximum Gasteiger partial charge on any atom is -0.0200 e. The minimum Gasteiger partial charge on any atom is -0.0785 e. The third kappa shape index (κ3) is 4.33. The second-order valence-electron chi connectivity index (χ2n) is 5.52. The van der Waals surface area contributed by atoms with Gasteiger partial charge in [0.15, 0.2) is 0 Å². The first-order valence-corrected chi connectivity index (χ1v) is 5.68. The van der Waals surface area contributed by atoms with Crippen molar-refractivity contribution < 1.29 is 0 Å². The van der Waals surface area contributed by atoms with E-state index in [2.05, 4.69) is 71.0 Å². The molecule has 0 amide bonds. The fourth-order valence-electron chi connectivity index (χ4n) is 1.34. The van der Waals surface area contributed by atoms with Crippen LogP contribution < -0.4 is 0 Å². The molecular weight excluding hydrogens is 180 g/mol. The molecule has 15 heavy (non-hydrogen) atoms. The topological polar surface area (TPSA) is 0 Å². The summed E-state index contributed by atoms with van der Waals surface area (Å²) >= 11 is 0. The Morgan fingerprint density at radius 3 is 1.93 bits per heavy atom. The highest BCUT2D eigenvalue weighted by molar-refractivity contribution is 5.50. The monoisotopic (exact) mass is 202 g/mol. The van der Waals surface area contributed by atoms with Gasteiger partial charge in [-0.3, -0.25) is 0 Å². The van der Waals surface area contributed by atoms with E-state index in [9.17, 15) is 0 Å². The van der Waals surface area contributed by atoms with Crippen molar-refractivity contribution >= 4 is 6.08 Å².